The molecule has 6 nitrogen and oxygen atoms in total. The molecule has 0 radical (unpaired) electrons. The molecule has 0 heterocycles. The summed E-state index contributed by atoms with van der Waals surface area (Å²) in [6.07, 6.45) is 1.92. The summed E-state index contributed by atoms with van der Waals surface area (Å²) < 4.78 is 5.11. The van der Waals surface area contributed by atoms with E-state index in [1.54, 1.807) is 32.5 Å². The maximum atomic E-state index is 11.8. The Labute approximate surface area is 157 Å². The molecule has 2 unspecified atom stereocenters. The number of nitrogens with one attached hydrogen (secondary N) is 1. The molecule has 2 atom stereocenters. The van der Waals surface area contributed by atoms with Gasteiger partial charge in [0.05, 0.1) is 5.25 Å². The van der Waals surface area contributed by atoms with Crippen LogP contribution in [0.5, 0.6) is 0 Å². The summed E-state index contributed by atoms with van der Waals surface area (Å²) in [6, 6.07) is 6.36. The maximum absolute atomic E-state index is 11.8. The first-order valence-electron chi connectivity index (χ1n) is 8.65. The van der Waals surface area contributed by atoms with Gasteiger partial charge in [-0.3, -0.25) is 4.79 Å². The largest absolute Gasteiger partial charge is 0.480 e. The average Bonchev–Trinajstić information content (AvgIpc) is 2.91. The number of carbonyl (C=O) groups excluding carboxylic acids is 2. The standard InChI is InChI=1S/C19H25NO5S/c1-19(2,3)25-18(24)20-14(17(22)23)11-12-7-9-13(10-8-12)26-16-6-4-5-15(16)21/h7-10,14,16H,4-6,11H2,1-3H3,(H,20,24)(H,22,23). The number of hydrogen-bond donors (Lipinski definition) is 2. The number of ether oxygens (including phenoxy) is 1. The van der Waals surface area contributed by atoms with Gasteiger partial charge in [0.1, 0.15) is 17.4 Å². The predicted octanol–water partition coefficient (Wildman–Crippen LogP) is 3.42. The zero-order chi connectivity index (χ0) is 19.3. The van der Waals surface area contributed by atoms with Gasteiger partial charge in [-0.2, -0.15) is 0 Å². The van der Waals surface area contributed by atoms with Gasteiger partial charge in [-0.15, -0.1) is 11.8 Å². The van der Waals surface area contributed by atoms with Crippen LogP contribution in [0.15, 0.2) is 29.2 Å². The summed E-state index contributed by atoms with van der Waals surface area (Å²) in [6.45, 7) is 5.15. The molecule has 1 amide bonds. The SMILES string of the molecule is CC(C)(C)OC(=O)NC(Cc1ccc(SC2CCCC2=O)cc1)C(=O)O. The van der Waals surface area contributed by atoms with Gasteiger partial charge in [0.15, 0.2) is 0 Å². The van der Waals surface area contributed by atoms with E-state index in [1.165, 1.54) is 0 Å². The van der Waals surface area contributed by atoms with E-state index in [1.807, 2.05) is 24.3 Å². The number of carboxylic acid groups (broad SMARTS) is 1. The van der Waals surface area contributed by atoms with Crippen molar-refractivity contribution in [2.24, 2.45) is 0 Å². The Morgan fingerprint density at radius 2 is 1.96 bits per heavy atom. The van der Waals surface area contributed by atoms with Crippen LogP contribution < -0.4 is 5.32 Å². The molecule has 1 aliphatic rings. The number of hydrogen-bond acceptors (Lipinski definition) is 5. The van der Waals surface area contributed by atoms with E-state index >= 15 is 0 Å². The van der Waals surface area contributed by atoms with Gasteiger partial charge in [0.25, 0.3) is 0 Å². The number of alkyl carbamates (subject to hydrolysis) is 1. The van der Waals surface area contributed by atoms with Crippen molar-refractivity contribution >= 4 is 29.6 Å². The predicted molar refractivity (Wildman–Crippen MR) is 99.4 cm³/mol. The molecule has 1 aliphatic carbocycles. The number of carbonyl (C=O) groups is 3. The maximum Gasteiger partial charge on any atom is 0.408 e. The van der Waals surface area contributed by atoms with Crippen molar-refractivity contribution in [1.82, 2.24) is 5.32 Å². The highest BCUT2D eigenvalue weighted by Gasteiger charge is 2.26. The lowest BCUT2D eigenvalue weighted by Gasteiger charge is -2.22. The third kappa shape index (κ3) is 6.37. The lowest BCUT2D eigenvalue weighted by Crippen LogP contribution is -2.44. The van der Waals surface area contributed by atoms with E-state index in [9.17, 15) is 19.5 Å². The molecule has 0 spiro atoms. The highest BCUT2D eigenvalue weighted by atomic mass is 32.2. The van der Waals surface area contributed by atoms with Gasteiger partial charge >= 0.3 is 12.1 Å². The van der Waals surface area contributed by atoms with Crippen molar-refractivity contribution in [2.45, 2.75) is 68.2 Å². The number of rotatable bonds is 6. The molecule has 1 aromatic carbocycles. The lowest BCUT2D eigenvalue weighted by molar-refractivity contribution is -0.139. The van der Waals surface area contributed by atoms with Crippen molar-refractivity contribution in [1.29, 1.82) is 0 Å². The van der Waals surface area contributed by atoms with Crippen LogP contribution in [-0.2, 0) is 20.7 Å². The van der Waals surface area contributed by atoms with Gasteiger partial charge in [-0.1, -0.05) is 12.1 Å². The number of benzene rings is 1. The Morgan fingerprint density at radius 3 is 2.46 bits per heavy atom. The Bertz CT molecular complexity index is 666. The van der Waals surface area contributed by atoms with Crippen LogP contribution >= 0.6 is 11.8 Å². The first-order chi connectivity index (χ1) is 12.1. The van der Waals surface area contributed by atoms with Crippen LogP contribution in [-0.4, -0.2) is 39.8 Å². The second-order valence-corrected chi connectivity index (χ2v) is 8.63. The molecule has 1 saturated carbocycles. The third-order valence-electron chi connectivity index (χ3n) is 3.88. The van der Waals surface area contributed by atoms with Crippen LogP contribution in [0.25, 0.3) is 0 Å². The second kappa shape index (κ2) is 8.58. The van der Waals surface area contributed by atoms with Crippen molar-refractivity contribution < 1.29 is 24.2 Å². The lowest BCUT2D eigenvalue weighted by atomic mass is 10.1. The minimum atomic E-state index is -1.12. The number of Topliss-reactive ketones (excluding diaryl/α,β-unsaturated/α-hetero) is 1. The van der Waals surface area contributed by atoms with Crippen LogP contribution in [0, 0.1) is 0 Å². The van der Waals surface area contributed by atoms with E-state index in [0.717, 1.165) is 23.3 Å². The van der Waals surface area contributed by atoms with Crippen LogP contribution in [0.2, 0.25) is 0 Å². The van der Waals surface area contributed by atoms with E-state index in [2.05, 4.69) is 5.32 Å². The fraction of sp³-hybridized carbons (Fsp3) is 0.526. The molecule has 2 N–H and O–H groups in total. The molecule has 1 aromatic rings. The first kappa shape index (κ1) is 20.3. The molecule has 0 aromatic heterocycles. The van der Waals surface area contributed by atoms with Gasteiger partial charge in [-0.05, 0) is 51.3 Å². The highest BCUT2D eigenvalue weighted by Crippen LogP contribution is 2.32. The Hall–Kier alpha value is -2.02. The fourth-order valence-electron chi connectivity index (χ4n) is 2.66. The van der Waals surface area contributed by atoms with E-state index in [-0.39, 0.29) is 11.7 Å². The normalized spacial score (nSPS) is 18.4. The molecule has 0 saturated heterocycles. The van der Waals surface area contributed by atoms with Gasteiger partial charge in [0.2, 0.25) is 0 Å². The van der Waals surface area contributed by atoms with Crippen molar-refractivity contribution in [2.75, 3.05) is 0 Å². The number of thioether (sulfide) groups is 1. The number of carboxylic acids is 1. The zero-order valence-electron chi connectivity index (χ0n) is 15.3. The minimum Gasteiger partial charge on any atom is -0.480 e. The summed E-state index contributed by atoms with van der Waals surface area (Å²) in [5.74, 6) is -0.822. The summed E-state index contributed by atoms with van der Waals surface area (Å²) in [4.78, 5) is 36.0. The van der Waals surface area contributed by atoms with Gasteiger partial charge in [0, 0.05) is 17.7 Å². The van der Waals surface area contributed by atoms with Gasteiger partial charge < -0.3 is 15.2 Å². The van der Waals surface area contributed by atoms with Crippen molar-refractivity contribution in [3.63, 3.8) is 0 Å². The summed E-state index contributed by atoms with van der Waals surface area (Å²) in [7, 11) is 0. The highest BCUT2D eigenvalue weighted by molar-refractivity contribution is 8.00. The van der Waals surface area contributed by atoms with Crippen LogP contribution in [0.1, 0.15) is 45.6 Å². The van der Waals surface area contributed by atoms with Gasteiger partial charge in [-0.25, -0.2) is 9.59 Å². The van der Waals surface area contributed by atoms with Crippen molar-refractivity contribution in [3.8, 4) is 0 Å². The number of aliphatic carboxylic acids is 1. The summed E-state index contributed by atoms with van der Waals surface area (Å²) in [5, 5.41) is 11.8. The number of ketones is 1. The molecule has 0 aliphatic heterocycles. The number of amides is 1. The van der Waals surface area contributed by atoms with Crippen LogP contribution in [0.3, 0.4) is 0 Å². The summed E-state index contributed by atoms with van der Waals surface area (Å²) >= 11 is 1.55. The molecule has 142 valence electrons. The smallest absolute Gasteiger partial charge is 0.408 e. The van der Waals surface area contributed by atoms with Crippen LogP contribution in [0.4, 0.5) is 4.79 Å². The van der Waals surface area contributed by atoms with Crippen molar-refractivity contribution in [3.05, 3.63) is 29.8 Å². The Kier molecular flexibility index (Phi) is 6.69. The Morgan fingerprint density at radius 1 is 1.31 bits per heavy atom. The molecule has 0 bridgehead atoms. The Balaban J connectivity index is 1.95. The summed E-state index contributed by atoms with van der Waals surface area (Å²) in [5.41, 5.74) is 0.0968. The first-order valence-corrected chi connectivity index (χ1v) is 9.52. The molecule has 26 heavy (non-hydrogen) atoms. The van der Waals surface area contributed by atoms with E-state index in [4.69, 9.17) is 4.74 Å². The van der Waals surface area contributed by atoms with E-state index in [0.29, 0.717) is 12.2 Å². The zero-order valence-corrected chi connectivity index (χ0v) is 16.1. The monoisotopic (exact) mass is 379 g/mol. The minimum absolute atomic E-state index is 0.0291. The second-order valence-electron chi connectivity index (χ2n) is 7.35. The quantitative estimate of drug-likeness (QED) is 0.787. The molecule has 7 heteroatoms. The molecule has 1 fully saturated rings. The molecule has 2 rings (SSSR count). The third-order valence-corrected chi connectivity index (χ3v) is 5.21. The average molecular weight is 379 g/mol. The molecular weight excluding hydrogens is 354 g/mol. The fourth-order valence-corrected chi connectivity index (χ4v) is 3.82. The molecular formula is C19H25NO5S. The topological polar surface area (TPSA) is 92.7 Å². The van der Waals surface area contributed by atoms with E-state index < -0.39 is 23.7 Å².